The number of aromatic nitrogens is 1. The number of likely N-dealkylation sites (N-methyl/N-ethyl adjacent to an activating group) is 1. The number of nitrogens with one attached hydrogen (secondary N) is 2. The van der Waals surface area contributed by atoms with Crippen molar-refractivity contribution < 1.29 is 4.79 Å². The third-order valence-electron chi connectivity index (χ3n) is 6.27. The molecular weight excluding hydrogens is 326 g/mol. The minimum atomic E-state index is 0.233. The summed E-state index contributed by atoms with van der Waals surface area (Å²) in [4.78, 5) is 21.7. The molecule has 1 aliphatic carbocycles. The number of pyridine rings is 1. The second-order valence-corrected chi connectivity index (χ2v) is 8.13. The Bertz CT molecular complexity index is 605. The molecule has 2 N–H and O–H groups in total. The molecule has 0 spiro atoms. The van der Waals surface area contributed by atoms with Crippen molar-refractivity contribution in [1.29, 1.82) is 0 Å². The average Bonchev–Trinajstić information content (AvgIpc) is 3.49. The molecule has 1 amide bonds. The Labute approximate surface area is 156 Å². The summed E-state index contributed by atoms with van der Waals surface area (Å²) in [6.07, 6.45) is 5.44. The molecule has 6 nitrogen and oxygen atoms in total. The van der Waals surface area contributed by atoms with Crippen LogP contribution in [0, 0.1) is 17.8 Å². The van der Waals surface area contributed by atoms with E-state index in [1.807, 2.05) is 6.20 Å². The highest BCUT2D eigenvalue weighted by Gasteiger charge is 2.47. The molecule has 1 aromatic rings. The van der Waals surface area contributed by atoms with Crippen LogP contribution in [0.1, 0.15) is 24.8 Å². The fourth-order valence-electron chi connectivity index (χ4n) is 4.37. The van der Waals surface area contributed by atoms with Gasteiger partial charge in [0, 0.05) is 44.8 Å². The van der Waals surface area contributed by atoms with Crippen LogP contribution >= 0.6 is 0 Å². The van der Waals surface area contributed by atoms with E-state index >= 15 is 0 Å². The Balaban J connectivity index is 1.23. The van der Waals surface area contributed by atoms with Crippen LogP contribution in [0.15, 0.2) is 18.3 Å². The molecule has 2 aliphatic heterocycles. The quantitative estimate of drug-likeness (QED) is 0.826. The monoisotopic (exact) mass is 357 g/mol. The van der Waals surface area contributed by atoms with Gasteiger partial charge in [0.1, 0.15) is 5.82 Å². The molecule has 2 saturated heterocycles. The summed E-state index contributed by atoms with van der Waals surface area (Å²) in [6.45, 7) is 7.03. The zero-order chi connectivity index (χ0) is 17.9. The number of rotatable bonds is 5. The molecule has 2 atom stereocenters. The van der Waals surface area contributed by atoms with Crippen LogP contribution in [-0.4, -0.2) is 62.1 Å². The minimum Gasteiger partial charge on any atom is -0.354 e. The van der Waals surface area contributed by atoms with E-state index in [1.54, 1.807) is 0 Å². The molecule has 0 bridgehead atoms. The summed E-state index contributed by atoms with van der Waals surface area (Å²) in [7, 11) is 2.16. The highest BCUT2D eigenvalue weighted by molar-refractivity contribution is 5.81. The van der Waals surface area contributed by atoms with Gasteiger partial charge in [0.15, 0.2) is 0 Å². The molecule has 142 valence electrons. The molecule has 3 fully saturated rings. The van der Waals surface area contributed by atoms with Crippen LogP contribution in [0.25, 0.3) is 0 Å². The number of nitrogens with zero attached hydrogens (tertiary/aromatic N) is 3. The molecule has 1 aromatic heterocycles. The SMILES string of the molecule is CN1CCN(c2ccc(CNC(=O)[C@@H]3C[C@H]3C3CCNCC3)cn2)CC1. The first-order valence-electron chi connectivity index (χ1n) is 10.1. The topological polar surface area (TPSA) is 60.5 Å². The predicted molar refractivity (Wildman–Crippen MR) is 103 cm³/mol. The van der Waals surface area contributed by atoms with Crippen LogP contribution in [-0.2, 0) is 11.3 Å². The third-order valence-corrected chi connectivity index (χ3v) is 6.27. The van der Waals surface area contributed by atoms with Gasteiger partial charge in [-0.15, -0.1) is 0 Å². The van der Waals surface area contributed by atoms with Crippen molar-refractivity contribution in [3.05, 3.63) is 23.9 Å². The molecule has 0 aromatic carbocycles. The molecular formula is C20H31N5O. The molecule has 6 heteroatoms. The Hall–Kier alpha value is -1.66. The average molecular weight is 358 g/mol. The maximum atomic E-state index is 12.4. The molecule has 0 radical (unpaired) electrons. The zero-order valence-electron chi connectivity index (χ0n) is 15.8. The van der Waals surface area contributed by atoms with E-state index in [4.69, 9.17) is 0 Å². The summed E-state index contributed by atoms with van der Waals surface area (Å²) >= 11 is 0. The lowest BCUT2D eigenvalue weighted by molar-refractivity contribution is -0.123. The van der Waals surface area contributed by atoms with E-state index < -0.39 is 0 Å². The van der Waals surface area contributed by atoms with Crippen LogP contribution in [0.2, 0.25) is 0 Å². The van der Waals surface area contributed by atoms with Crippen molar-refractivity contribution >= 4 is 11.7 Å². The second kappa shape index (κ2) is 7.92. The first kappa shape index (κ1) is 17.7. The van der Waals surface area contributed by atoms with Gasteiger partial charge in [-0.3, -0.25) is 4.79 Å². The number of carbonyl (C=O) groups is 1. The molecule has 3 heterocycles. The highest BCUT2D eigenvalue weighted by atomic mass is 16.2. The van der Waals surface area contributed by atoms with Crippen molar-refractivity contribution in [2.45, 2.75) is 25.8 Å². The van der Waals surface area contributed by atoms with E-state index in [1.165, 1.54) is 12.8 Å². The standard InChI is InChI=1S/C20H31N5O/c1-24-8-10-25(11-9-24)19-3-2-15(13-22-19)14-23-20(26)18-12-17(18)16-4-6-21-7-5-16/h2-3,13,16-18,21H,4-12,14H2,1H3,(H,23,26)/t17-,18+/m0/s1. The van der Waals surface area contributed by atoms with Crippen molar-refractivity contribution in [2.24, 2.45) is 17.8 Å². The number of amides is 1. The molecule has 26 heavy (non-hydrogen) atoms. The van der Waals surface area contributed by atoms with Gasteiger partial charge in [-0.1, -0.05) is 6.07 Å². The number of anilines is 1. The Morgan fingerprint density at radius 1 is 1.23 bits per heavy atom. The lowest BCUT2D eigenvalue weighted by Gasteiger charge is -2.33. The van der Waals surface area contributed by atoms with Gasteiger partial charge in [-0.2, -0.15) is 0 Å². The van der Waals surface area contributed by atoms with E-state index in [2.05, 4.69) is 44.6 Å². The summed E-state index contributed by atoms with van der Waals surface area (Å²) in [5.74, 6) is 2.89. The van der Waals surface area contributed by atoms with Crippen LogP contribution in [0.3, 0.4) is 0 Å². The molecule has 4 rings (SSSR count). The predicted octanol–water partition coefficient (Wildman–Crippen LogP) is 1.09. The van der Waals surface area contributed by atoms with E-state index in [9.17, 15) is 4.79 Å². The summed E-state index contributed by atoms with van der Waals surface area (Å²) < 4.78 is 0. The summed E-state index contributed by atoms with van der Waals surface area (Å²) in [6, 6.07) is 4.18. The normalized spacial score (nSPS) is 27.3. The smallest absolute Gasteiger partial charge is 0.223 e. The number of piperidine rings is 1. The number of hydrogen-bond donors (Lipinski definition) is 2. The summed E-state index contributed by atoms with van der Waals surface area (Å²) in [5.41, 5.74) is 1.08. The second-order valence-electron chi connectivity index (χ2n) is 8.13. The number of piperazine rings is 1. The summed E-state index contributed by atoms with van der Waals surface area (Å²) in [5, 5.41) is 6.53. The highest BCUT2D eigenvalue weighted by Crippen LogP contribution is 2.47. The number of hydrogen-bond acceptors (Lipinski definition) is 5. The maximum absolute atomic E-state index is 12.4. The molecule has 3 aliphatic rings. The fraction of sp³-hybridized carbons (Fsp3) is 0.700. The van der Waals surface area contributed by atoms with Gasteiger partial charge >= 0.3 is 0 Å². The van der Waals surface area contributed by atoms with Gasteiger partial charge in [-0.25, -0.2) is 4.98 Å². The minimum absolute atomic E-state index is 0.233. The zero-order valence-corrected chi connectivity index (χ0v) is 15.8. The maximum Gasteiger partial charge on any atom is 0.223 e. The first-order valence-corrected chi connectivity index (χ1v) is 10.1. The van der Waals surface area contributed by atoms with E-state index in [0.29, 0.717) is 12.5 Å². The van der Waals surface area contributed by atoms with Crippen LogP contribution < -0.4 is 15.5 Å². The van der Waals surface area contributed by atoms with E-state index in [-0.39, 0.29) is 11.8 Å². The van der Waals surface area contributed by atoms with Crippen molar-refractivity contribution in [3.63, 3.8) is 0 Å². The van der Waals surface area contributed by atoms with Crippen molar-refractivity contribution in [2.75, 3.05) is 51.2 Å². The van der Waals surface area contributed by atoms with Gasteiger partial charge in [0.05, 0.1) is 0 Å². The number of carbonyl (C=O) groups excluding carboxylic acids is 1. The van der Waals surface area contributed by atoms with Crippen LogP contribution in [0.5, 0.6) is 0 Å². The van der Waals surface area contributed by atoms with Gasteiger partial charge in [0.25, 0.3) is 0 Å². The van der Waals surface area contributed by atoms with Gasteiger partial charge < -0.3 is 20.4 Å². The van der Waals surface area contributed by atoms with Crippen molar-refractivity contribution in [3.8, 4) is 0 Å². The van der Waals surface area contributed by atoms with E-state index in [0.717, 1.165) is 63.0 Å². The Morgan fingerprint density at radius 3 is 2.69 bits per heavy atom. The lowest BCUT2D eigenvalue weighted by atomic mass is 9.92. The molecule has 1 saturated carbocycles. The fourth-order valence-corrected chi connectivity index (χ4v) is 4.37. The first-order chi connectivity index (χ1) is 12.7. The van der Waals surface area contributed by atoms with Crippen molar-refractivity contribution in [1.82, 2.24) is 20.5 Å². The molecule has 0 unspecified atom stereocenters. The van der Waals surface area contributed by atoms with Gasteiger partial charge in [-0.05, 0) is 62.9 Å². The van der Waals surface area contributed by atoms with Gasteiger partial charge in [0.2, 0.25) is 5.91 Å². The van der Waals surface area contributed by atoms with Crippen LogP contribution in [0.4, 0.5) is 5.82 Å². The third kappa shape index (κ3) is 4.18. The Kier molecular flexibility index (Phi) is 5.41. The lowest BCUT2D eigenvalue weighted by Crippen LogP contribution is -2.44. The Morgan fingerprint density at radius 2 is 2.00 bits per heavy atom. The largest absolute Gasteiger partial charge is 0.354 e.